The fourth-order valence-electron chi connectivity index (χ4n) is 6.56. The van der Waals surface area contributed by atoms with Crippen LogP contribution >= 0.6 is 0 Å². The number of ether oxygens (including phenoxy) is 1. The molecule has 10 heteroatoms. The molecule has 0 bridgehead atoms. The summed E-state index contributed by atoms with van der Waals surface area (Å²) in [6.45, 7) is 3.23. The second-order valence-electron chi connectivity index (χ2n) is 11.8. The molecule has 2 unspecified atom stereocenters. The fourth-order valence-corrected chi connectivity index (χ4v) is 6.56. The molecular formula is C30H33F6NO3. The SMILES string of the molecule is CC(c1cc(C(F)(F)F)ccc1C(F)(F)F)N(C)C1CC2(CCc3ccc(C(C4CC4)[C@H](C)C(=O)O)cc3O2)C1. The molecule has 5 rings (SSSR count). The Balaban J connectivity index is 1.32. The first kappa shape index (κ1) is 28.8. The standard InChI is InChI=1S/C30H33F6NO3/c1-16(27(38)39)26(19-5-6-19)20-7-4-18-10-11-28(40-25(18)12-20)14-22(15-28)37(3)17(2)23-13-21(29(31,32)33)8-9-24(23)30(34,35)36/h4,7-9,12-13,16-17,19,22,26H,5-6,10-11,14-15H2,1-3H3,(H,38,39)/t16-,17?,22?,26?,28?/m0/s1. The lowest BCUT2D eigenvalue weighted by atomic mass is 9.69. The maximum absolute atomic E-state index is 13.7. The molecule has 1 heterocycles. The number of carboxylic acids is 1. The van der Waals surface area contributed by atoms with Crippen molar-refractivity contribution < 1.29 is 41.0 Å². The molecule has 1 spiro atoms. The minimum atomic E-state index is -4.78. The highest BCUT2D eigenvalue weighted by atomic mass is 19.4. The van der Waals surface area contributed by atoms with E-state index in [1.165, 1.54) is 6.92 Å². The summed E-state index contributed by atoms with van der Waals surface area (Å²) in [5.74, 6) is -0.398. The van der Waals surface area contributed by atoms with E-state index in [-0.39, 0.29) is 12.0 Å². The Labute approximate surface area is 229 Å². The van der Waals surface area contributed by atoms with Crippen molar-refractivity contribution in [3.8, 4) is 5.75 Å². The van der Waals surface area contributed by atoms with Crippen LogP contribution in [0.5, 0.6) is 5.75 Å². The quantitative estimate of drug-likeness (QED) is 0.345. The highest BCUT2D eigenvalue weighted by Crippen LogP contribution is 2.51. The minimum absolute atomic E-state index is 0.0966. The zero-order valence-corrected chi connectivity index (χ0v) is 22.6. The molecule has 2 aromatic rings. The number of aryl methyl sites for hydroxylation is 1. The molecule has 1 aliphatic heterocycles. The number of aliphatic carboxylic acids is 1. The number of rotatable bonds is 7. The van der Waals surface area contributed by atoms with E-state index in [2.05, 4.69) is 0 Å². The summed E-state index contributed by atoms with van der Waals surface area (Å²) >= 11 is 0. The third kappa shape index (κ3) is 5.43. The van der Waals surface area contributed by atoms with Gasteiger partial charge in [0.25, 0.3) is 0 Å². The second kappa shape index (κ2) is 9.96. The number of halogens is 6. The number of carboxylic acid groups (broad SMARTS) is 1. The molecule has 3 aliphatic rings. The van der Waals surface area contributed by atoms with Crippen LogP contribution in [0.2, 0.25) is 0 Å². The molecule has 0 aromatic heterocycles. The van der Waals surface area contributed by atoms with Gasteiger partial charge in [-0.1, -0.05) is 19.1 Å². The lowest BCUT2D eigenvalue weighted by Crippen LogP contribution is -2.58. The lowest BCUT2D eigenvalue weighted by molar-refractivity contribution is -0.142. The minimum Gasteiger partial charge on any atom is -0.487 e. The van der Waals surface area contributed by atoms with Gasteiger partial charge in [-0.25, -0.2) is 0 Å². The average Bonchev–Trinajstić information content (AvgIpc) is 3.69. The van der Waals surface area contributed by atoms with Crippen LogP contribution in [0.4, 0.5) is 26.3 Å². The molecule has 3 atom stereocenters. The van der Waals surface area contributed by atoms with E-state index in [4.69, 9.17) is 4.74 Å². The van der Waals surface area contributed by atoms with Gasteiger partial charge in [0.05, 0.1) is 17.0 Å². The Morgan fingerprint density at radius 1 is 1.02 bits per heavy atom. The zero-order chi connectivity index (χ0) is 29.2. The van der Waals surface area contributed by atoms with E-state index < -0.39 is 52.6 Å². The summed E-state index contributed by atoms with van der Waals surface area (Å²) in [4.78, 5) is 13.5. The number of carbonyl (C=O) groups is 1. The van der Waals surface area contributed by atoms with Gasteiger partial charge < -0.3 is 9.84 Å². The van der Waals surface area contributed by atoms with Crippen LogP contribution in [0.3, 0.4) is 0 Å². The van der Waals surface area contributed by atoms with Gasteiger partial charge in [0.2, 0.25) is 0 Å². The number of alkyl halides is 6. The number of nitrogens with zero attached hydrogens (tertiary/aromatic N) is 1. The summed E-state index contributed by atoms with van der Waals surface area (Å²) in [6, 6.07) is 6.49. The van der Waals surface area contributed by atoms with E-state index in [1.54, 1.807) is 18.9 Å². The topological polar surface area (TPSA) is 49.8 Å². The first-order chi connectivity index (χ1) is 18.6. The Morgan fingerprint density at radius 2 is 1.70 bits per heavy atom. The van der Waals surface area contributed by atoms with Crippen molar-refractivity contribution >= 4 is 5.97 Å². The number of hydrogen-bond donors (Lipinski definition) is 1. The Kier molecular flexibility index (Phi) is 7.16. The van der Waals surface area contributed by atoms with Gasteiger partial charge in [-0.05, 0) is 92.4 Å². The smallest absolute Gasteiger partial charge is 0.416 e. The second-order valence-corrected chi connectivity index (χ2v) is 11.8. The Morgan fingerprint density at radius 3 is 2.27 bits per heavy atom. The maximum atomic E-state index is 13.7. The molecule has 40 heavy (non-hydrogen) atoms. The van der Waals surface area contributed by atoms with Crippen LogP contribution in [-0.4, -0.2) is 34.7 Å². The van der Waals surface area contributed by atoms with Crippen molar-refractivity contribution in [2.75, 3.05) is 7.05 Å². The van der Waals surface area contributed by atoms with Crippen LogP contribution < -0.4 is 4.74 Å². The molecule has 0 saturated heterocycles. The summed E-state index contributed by atoms with van der Waals surface area (Å²) in [6.07, 6.45) is -4.97. The molecule has 2 aromatic carbocycles. The monoisotopic (exact) mass is 569 g/mol. The number of fused-ring (bicyclic) bond motifs is 1. The fraction of sp³-hybridized carbons (Fsp3) is 0.567. The predicted octanol–water partition coefficient (Wildman–Crippen LogP) is 7.86. The van der Waals surface area contributed by atoms with Crippen molar-refractivity contribution in [3.05, 3.63) is 64.2 Å². The number of hydrogen-bond acceptors (Lipinski definition) is 3. The third-order valence-corrected chi connectivity index (χ3v) is 9.25. The number of benzene rings is 2. The van der Waals surface area contributed by atoms with Gasteiger partial charge in [0.1, 0.15) is 11.4 Å². The van der Waals surface area contributed by atoms with Gasteiger partial charge in [-0.3, -0.25) is 9.69 Å². The average molecular weight is 570 g/mol. The van der Waals surface area contributed by atoms with Gasteiger partial charge in [0.15, 0.2) is 0 Å². The van der Waals surface area contributed by atoms with Gasteiger partial charge in [-0.2, -0.15) is 26.3 Å². The Bertz CT molecular complexity index is 1280. The molecule has 1 N–H and O–H groups in total. The molecule has 0 radical (unpaired) electrons. The normalized spacial score (nSPS) is 25.1. The highest BCUT2D eigenvalue weighted by molar-refractivity contribution is 5.71. The molecule has 2 saturated carbocycles. The third-order valence-electron chi connectivity index (χ3n) is 9.25. The van der Waals surface area contributed by atoms with Crippen LogP contribution in [0.1, 0.15) is 85.7 Å². The van der Waals surface area contributed by atoms with Crippen LogP contribution in [-0.2, 0) is 23.6 Å². The van der Waals surface area contributed by atoms with Crippen molar-refractivity contribution in [2.24, 2.45) is 11.8 Å². The highest BCUT2D eigenvalue weighted by Gasteiger charge is 2.51. The molecule has 4 nitrogen and oxygen atoms in total. The van der Waals surface area contributed by atoms with Crippen molar-refractivity contribution in [3.63, 3.8) is 0 Å². The van der Waals surface area contributed by atoms with E-state index in [0.29, 0.717) is 37.0 Å². The first-order valence-corrected chi connectivity index (χ1v) is 13.6. The van der Waals surface area contributed by atoms with Gasteiger partial charge >= 0.3 is 18.3 Å². The maximum Gasteiger partial charge on any atom is 0.416 e. The molecule has 2 fully saturated rings. The van der Waals surface area contributed by atoms with E-state index in [1.807, 2.05) is 18.2 Å². The molecule has 0 amide bonds. The predicted molar refractivity (Wildman–Crippen MR) is 136 cm³/mol. The van der Waals surface area contributed by atoms with Crippen LogP contribution in [0, 0.1) is 11.8 Å². The summed E-state index contributed by atoms with van der Waals surface area (Å²) in [5.41, 5.74) is -1.09. The summed E-state index contributed by atoms with van der Waals surface area (Å²) in [7, 11) is 1.64. The zero-order valence-electron chi connectivity index (χ0n) is 22.6. The van der Waals surface area contributed by atoms with Crippen LogP contribution in [0.25, 0.3) is 0 Å². The first-order valence-electron chi connectivity index (χ1n) is 13.6. The molecule has 218 valence electrons. The van der Waals surface area contributed by atoms with E-state index >= 15 is 0 Å². The van der Waals surface area contributed by atoms with Crippen molar-refractivity contribution in [1.29, 1.82) is 0 Å². The van der Waals surface area contributed by atoms with Gasteiger partial charge in [-0.15, -0.1) is 0 Å². The van der Waals surface area contributed by atoms with Crippen molar-refractivity contribution in [2.45, 2.75) is 88.3 Å². The van der Waals surface area contributed by atoms with Gasteiger partial charge in [0, 0.05) is 24.9 Å². The Hall–Kier alpha value is -2.75. The molecular weight excluding hydrogens is 536 g/mol. The summed E-state index contributed by atoms with van der Waals surface area (Å²) < 4.78 is 87.6. The summed E-state index contributed by atoms with van der Waals surface area (Å²) in [5, 5.41) is 9.63. The van der Waals surface area contributed by atoms with E-state index in [0.717, 1.165) is 42.6 Å². The van der Waals surface area contributed by atoms with Crippen molar-refractivity contribution in [1.82, 2.24) is 4.90 Å². The molecule has 2 aliphatic carbocycles. The van der Waals surface area contributed by atoms with Crippen LogP contribution in [0.15, 0.2) is 36.4 Å². The largest absolute Gasteiger partial charge is 0.487 e. The lowest BCUT2D eigenvalue weighted by Gasteiger charge is -2.53. The van der Waals surface area contributed by atoms with E-state index in [9.17, 15) is 36.2 Å².